The van der Waals surface area contributed by atoms with Crippen LogP contribution in [0.25, 0.3) is 0 Å². The number of amides is 2. The number of carbonyl (C=O) groups excluding carboxylic acids is 2. The number of likely N-dealkylation sites (N-methyl/N-ethyl adjacent to an activating group) is 1. The van der Waals surface area contributed by atoms with Gasteiger partial charge in [-0.2, -0.15) is 0 Å². The number of methoxy groups -OCH3 is 1. The zero-order valence-electron chi connectivity index (χ0n) is 19.9. The first-order valence-electron chi connectivity index (χ1n) is 11.4. The summed E-state index contributed by atoms with van der Waals surface area (Å²) in [7, 11) is 1.55. The number of anilines is 2. The number of hydrogen-bond acceptors (Lipinski definition) is 6. The number of nitrogens with one attached hydrogen (secondary N) is 1. The molecule has 182 valence electrons. The van der Waals surface area contributed by atoms with Crippen LogP contribution in [0, 0.1) is 0 Å². The second-order valence-corrected chi connectivity index (χ2v) is 8.05. The van der Waals surface area contributed by atoms with Gasteiger partial charge in [-0.25, -0.2) is 4.79 Å². The minimum Gasteiger partial charge on any atom is -0.497 e. The van der Waals surface area contributed by atoms with Crippen LogP contribution in [-0.2, 0) is 4.79 Å². The van der Waals surface area contributed by atoms with Gasteiger partial charge >= 0.3 is 5.97 Å². The lowest BCUT2D eigenvalue weighted by Crippen LogP contribution is -2.50. The first-order chi connectivity index (χ1) is 16.4. The molecule has 0 bridgehead atoms. The number of rotatable bonds is 9. The summed E-state index contributed by atoms with van der Waals surface area (Å²) in [5.74, 6) is -0.639. The van der Waals surface area contributed by atoms with Crippen LogP contribution in [0.3, 0.4) is 0 Å². The molecule has 1 fully saturated rings. The van der Waals surface area contributed by atoms with Crippen molar-refractivity contribution in [1.82, 2.24) is 9.80 Å². The standard InChI is InChI=1S/C25H32N4O5/c1-4-28(5-2)23(30)17-27-12-14-29(15-13-27)22-11-8-19(25(32)33)16-21(22)26-24(31)18-6-9-20(34-3)10-7-18/h6-11,16H,4-5,12-15,17H2,1-3H3,(H,26,31)(H,32,33). The van der Waals surface area contributed by atoms with Gasteiger partial charge in [0.15, 0.2) is 0 Å². The van der Waals surface area contributed by atoms with Gasteiger partial charge in [-0.3, -0.25) is 14.5 Å². The van der Waals surface area contributed by atoms with Crippen molar-refractivity contribution in [3.05, 3.63) is 53.6 Å². The number of carbonyl (C=O) groups is 3. The number of benzene rings is 2. The minimum atomic E-state index is -1.06. The van der Waals surface area contributed by atoms with Crippen LogP contribution in [0.1, 0.15) is 34.6 Å². The number of aromatic carboxylic acids is 1. The van der Waals surface area contributed by atoms with Crippen molar-refractivity contribution in [3.63, 3.8) is 0 Å². The Bertz CT molecular complexity index is 1010. The first kappa shape index (κ1) is 25.0. The maximum atomic E-state index is 12.9. The molecule has 0 saturated carbocycles. The number of hydrogen-bond donors (Lipinski definition) is 2. The predicted molar refractivity (Wildman–Crippen MR) is 131 cm³/mol. The Balaban J connectivity index is 1.73. The van der Waals surface area contributed by atoms with Crippen LogP contribution in [0.5, 0.6) is 5.75 Å². The smallest absolute Gasteiger partial charge is 0.335 e. The zero-order chi connectivity index (χ0) is 24.7. The normalized spacial score (nSPS) is 13.9. The molecule has 2 N–H and O–H groups in total. The minimum absolute atomic E-state index is 0.0947. The van der Waals surface area contributed by atoms with Crippen molar-refractivity contribution in [1.29, 1.82) is 0 Å². The Kier molecular flexibility index (Phi) is 8.48. The van der Waals surface area contributed by atoms with Gasteiger partial charge in [0, 0.05) is 44.8 Å². The molecule has 0 aliphatic carbocycles. The quantitative estimate of drug-likeness (QED) is 0.583. The van der Waals surface area contributed by atoms with E-state index in [1.165, 1.54) is 12.1 Å². The number of ether oxygens (including phenoxy) is 1. The zero-order valence-corrected chi connectivity index (χ0v) is 19.9. The number of piperazine rings is 1. The Labute approximate surface area is 199 Å². The molecule has 9 nitrogen and oxygen atoms in total. The highest BCUT2D eigenvalue weighted by Gasteiger charge is 2.23. The first-order valence-corrected chi connectivity index (χ1v) is 11.4. The van der Waals surface area contributed by atoms with E-state index in [1.807, 2.05) is 18.7 Å². The molecule has 0 atom stereocenters. The van der Waals surface area contributed by atoms with Crippen LogP contribution < -0.4 is 15.0 Å². The van der Waals surface area contributed by atoms with Gasteiger partial charge in [-0.1, -0.05) is 0 Å². The third-order valence-electron chi connectivity index (χ3n) is 6.03. The van der Waals surface area contributed by atoms with Gasteiger partial charge in [0.2, 0.25) is 5.91 Å². The average molecular weight is 469 g/mol. The SMILES string of the molecule is CCN(CC)C(=O)CN1CCN(c2ccc(C(=O)O)cc2NC(=O)c2ccc(OC)cc2)CC1. The third kappa shape index (κ3) is 6.05. The lowest BCUT2D eigenvalue weighted by atomic mass is 10.1. The summed E-state index contributed by atoms with van der Waals surface area (Å²) in [5, 5.41) is 12.3. The van der Waals surface area contributed by atoms with E-state index in [1.54, 1.807) is 37.4 Å². The van der Waals surface area contributed by atoms with Gasteiger partial charge < -0.3 is 25.0 Å². The molecule has 1 aliphatic heterocycles. The summed E-state index contributed by atoms with van der Waals surface area (Å²) in [5.41, 5.74) is 1.72. The van der Waals surface area contributed by atoms with Gasteiger partial charge in [-0.15, -0.1) is 0 Å². The van der Waals surface area contributed by atoms with Crippen molar-refractivity contribution in [3.8, 4) is 5.75 Å². The summed E-state index contributed by atoms with van der Waals surface area (Å²) in [6.07, 6.45) is 0. The summed E-state index contributed by atoms with van der Waals surface area (Å²) in [4.78, 5) is 42.9. The van der Waals surface area contributed by atoms with E-state index >= 15 is 0 Å². The molecule has 0 spiro atoms. The molecule has 1 aliphatic rings. The largest absolute Gasteiger partial charge is 0.497 e. The second kappa shape index (κ2) is 11.5. The van der Waals surface area contributed by atoms with Crippen LogP contribution in [0.15, 0.2) is 42.5 Å². The highest BCUT2D eigenvalue weighted by molar-refractivity contribution is 6.06. The lowest BCUT2D eigenvalue weighted by molar-refractivity contribution is -0.132. The maximum Gasteiger partial charge on any atom is 0.335 e. The second-order valence-electron chi connectivity index (χ2n) is 8.05. The molecular formula is C25H32N4O5. The molecule has 0 radical (unpaired) electrons. The van der Waals surface area contributed by atoms with E-state index < -0.39 is 5.97 Å². The van der Waals surface area contributed by atoms with Crippen molar-refractivity contribution in [2.45, 2.75) is 13.8 Å². The Morgan fingerprint density at radius 3 is 2.15 bits per heavy atom. The molecule has 2 aromatic rings. The summed E-state index contributed by atoms with van der Waals surface area (Å²) in [6.45, 7) is 8.43. The van der Waals surface area contributed by atoms with E-state index in [0.717, 1.165) is 5.69 Å². The van der Waals surface area contributed by atoms with E-state index in [2.05, 4.69) is 15.1 Å². The average Bonchev–Trinajstić information content (AvgIpc) is 2.85. The summed E-state index contributed by atoms with van der Waals surface area (Å²) >= 11 is 0. The van der Waals surface area contributed by atoms with E-state index in [0.29, 0.717) is 62.8 Å². The molecule has 2 amide bonds. The van der Waals surface area contributed by atoms with Gasteiger partial charge in [0.05, 0.1) is 30.6 Å². The van der Waals surface area contributed by atoms with Crippen molar-refractivity contribution in [2.75, 3.05) is 63.1 Å². The molecule has 2 aromatic carbocycles. The molecule has 0 aromatic heterocycles. The molecule has 9 heteroatoms. The summed E-state index contributed by atoms with van der Waals surface area (Å²) < 4.78 is 5.13. The van der Waals surface area contributed by atoms with Gasteiger partial charge in [0.25, 0.3) is 5.91 Å². The maximum absolute atomic E-state index is 12.9. The van der Waals surface area contributed by atoms with Crippen LogP contribution >= 0.6 is 0 Å². The van der Waals surface area contributed by atoms with Gasteiger partial charge in [0.1, 0.15) is 5.75 Å². The Hall–Kier alpha value is -3.59. The van der Waals surface area contributed by atoms with E-state index in [9.17, 15) is 19.5 Å². The van der Waals surface area contributed by atoms with Crippen LogP contribution in [0.2, 0.25) is 0 Å². The van der Waals surface area contributed by atoms with E-state index in [-0.39, 0.29) is 17.4 Å². The predicted octanol–water partition coefficient (Wildman–Crippen LogP) is 2.64. The molecule has 1 heterocycles. The van der Waals surface area contributed by atoms with Crippen LogP contribution in [0.4, 0.5) is 11.4 Å². The number of carboxylic acid groups (broad SMARTS) is 1. The molecule has 1 saturated heterocycles. The molecule has 34 heavy (non-hydrogen) atoms. The molecule has 3 rings (SSSR count). The fourth-order valence-corrected chi connectivity index (χ4v) is 4.00. The number of carboxylic acids is 1. The Morgan fingerprint density at radius 2 is 1.59 bits per heavy atom. The molecular weight excluding hydrogens is 436 g/mol. The van der Waals surface area contributed by atoms with E-state index in [4.69, 9.17) is 4.74 Å². The van der Waals surface area contributed by atoms with Crippen molar-refractivity contribution >= 4 is 29.2 Å². The van der Waals surface area contributed by atoms with Crippen LogP contribution in [-0.4, -0.2) is 85.6 Å². The fourth-order valence-electron chi connectivity index (χ4n) is 4.00. The third-order valence-corrected chi connectivity index (χ3v) is 6.03. The Morgan fingerprint density at radius 1 is 0.971 bits per heavy atom. The highest BCUT2D eigenvalue weighted by atomic mass is 16.5. The van der Waals surface area contributed by atoms with Crippen molar-refractivity contribution < 1.29 is 24.2 Å². The van der Waals surface area contributed by atoms with Gasteiger partial charge in [-0.05, 0) is 56.3 Å². The molecule has 0 unspecified atom stereocenters. The highest BCUT2D eigenvalue weighted by Crippen LogP contribution is 2.29. The monoisotopic (exact) mass is 468 g/mol. The summed E-state index contributed by atoms with van der Waals surface area (Å²) in [6, 6.07) is 11.4. The number of nitrogens with zero attached hydrogens (tertiary/aromatic N) is 3. The lowest BCUT2D eigenvalue weighted by Gasteiger charge is -2.37. The van der Waals surface area contributed by atoms with Crippen molar-refractivity contribution in [2.24, 2.45) is 0 Å². The fraction of sp³-hybridized carbons (Fsp3) is 0.400. The topological polar surface area (TPSA) is 102 Å².